The molecule has 0 unspecified atom stereocenters. The predicted molar refractivity (Wildman–Crippen MR) is 78.7 cm³/mol. The Bertz CT molecular complexity index is 695. The summed E-state index contributed by atoms with van der Waals surface area (Å²) in [5, 5.41) is 0. The number of hydrogen-bond donors (Lipinski definition) is 0. The van der Waals surface area contributed by atoms with Gasteiger partial charge in [-0.25, -0.2) is 12.8 Å². The molecule has 7 heteroatoms. The van der Waals surface area contributed by atoms with Gasteiger partial charge >= 0.3 is 0 Å². The number of hydrogen-bond acceptors (Lipinski definition) is 3. The van der Waals surface area contributed by atoms with Gasteiger partial charge in [0.1, 0.15) is 10.7 Å². The molecule has 0 atom stereocenters. The van der Waals surface area contributed by atoms with Crippen LogP contribution in [0.3, 0.4) is 0 Å². The van der Waals surface area contributed by atoms with Gasteiger partial charge in [-0.05, 0) is 53.2 Å². The smallest absolute Gasteiger partial charge is 0.265 e. The van der Waals surface area contributed by atoms with Crippen LogP contribution >= 0.6 is 27.3 Å². The molecule has 2 rings (SSSR count). The number of benzene rings is 1. The molecule has 102 valence electrons. The monoisotopic (exact) mass is 363 g/mol. The van der Waals surface area contributed by atoms with E-state index < -0.39 is 15.8 Å². The van der Waals surface area contributed by atoms with E-state index in [4.69, 9.17) is 0 Å². The molecule has 1 aromatic carbocycles. The Balaban J connectivity index is 2.45. The van der Waals surface area contributed by atoms with Crippen LogP contribution in [0.5, 0.6) is 0 Å². The quantitative estimate of drug-likeness (QED) is 0.831. The molecule has 0 saturated carbocycles. The van der Waals surface area contributed by atoms with Crippen molar-refractivity contribution in [1.29, 1.82) is 0 Å². The lowest BCUT2D eigenvalue weighted by Crippen LogP contribution is -2.26. The van der Waals surface area contributed by atoms with Gasteiger partial charge in [0.25, 0.3) is 10.0 Å². The van der Waals surface area contributed by atoms with Crippen molar-refractivity contribution in [1.82, 2.24) is 0 Å². The lowest BCUT2D eigenvalue weighted by molar-refractivity contribution is 0.594. The van der Waals surface area contributed by atoms with Crippen LogP contribution in [0.25, 0.3) is 0 Å². The molecule has 1 aromatic heterocycles. The van der Waals surface area contributed by atoms with E-state index in [0.717, 1.165) is 8.09 Å². The number of aryl methyl sites for hydroxylation is 1. The molecule has 0 amide bonds. The van der Waals surface area contributed by atoms with E-state index in [0.29, 0.717) is 10.6 Å². The summed E-state index contributed by atoms with van der Waals surface area (Å²) in [4.78, 5) is 0.969. The summed E-state index contributed by atoms with van der Waals surface area (Å²) < 4.78 is 39.7. The van der Waals surface area contributed by atoms with Crippen LogP contribution in [0.15, 0.2) is 39.0 Å². The van der Waals surface area contributed by atoms with Gasteiger partial charge in [-0.3, -0.25) is 4.31 Å². The molecule has 0 fully saturated rings. The van der Waals surface area contributed by atoms with Gasteiger partial charge in [-0.1, -0.05) is 0 Å². The summed E-state index contributed by atoms with van der Waals surface area (Å²) in [6.45, 7) is 1.75. The van der Waals surface area contributed by atoms with Gasteiger partial charge in [-0.15, -0.1) is 11.3 Å². The molecule has 2 aromatic rings. The van der Waals surface area contributed by atoms with E-state index >= 15 is 0 Å². The van der Waals surface area contributed by atoms with Gasteiger partial charge in [0.2, 0.25) is 0 Å². The Hall–Kier alpha value is -0.920. The molecule has 0 aliphatic carbocycles. The predicted octanol–water partition coefficient (Wildman–Crippen LogP) is 3.78. The summed E-state index contributed by atoms with van der Waals surface area (Å²) in [6.07, 6.45) is 0. The molecule has 0 radical (unpaired) electrons. The third-order valence-electron chi connectivity index (χ3n) is 2.67. The Labute approximate surface area is 123 Å². The molecule has 0 bridgehead atoms. The number of thiophene rings is 1. The fraction of sp³-hybridized carbons (Fsp3) is 0.167. The van der Waals surface area contributed by atoms with Crippen molar-refractivity contribution in [2.75, 3.05) is 11.4 Å². The minimum atomic E-state index is -3.62. The second kappa shape index (κ2) is 5.22. The van der Waals surface area contributed by atoms with Gasteiger partial charge in [0.05, 0.1) is 9.47 Å². The van der Waals surface area contributed by atoms with Crippen molar-refractivity contribution >= 4 is 43.0 Å². The Morgan fingerprint density at radius 2 is 1.84 bits per heavy atom. The van der Waals surface area contributed by atoms with Gasteiger partial charge in [0, 0.05) is 11.9 Å². The SMILES string of the molecule is Cc1sc(Br)cc1S(=O)(=O)N(C)c1ccc(F)cc1. The lowest BCUT2D eigenvalue weighted by atomic mass is 10.3. The molecule has 0 aliphatic heterocycles. The zero-order valence-electron chi connectivity index (χ0n) is 10.2. The minimum absolute atomic E-state index is 0.260. The summed E-state index contributed by atoms with van der Waals surface area (Å²) in [5.74, 6) is -0.399. The minimum Gasteiger partial charge on any atom is -0.269 e. The highest BCUT2D eigenvalue weighted by molar-refractivity contribution is 9.11. The zero-order chi connectivity index (χ0) is 14.2. The molecule has 0 saturated heterocycles. The molecule has 0 aliphatic rings. The Morgan fingerprint density at radius 1 is 1.26 bits per heavy atom. The lowest BCUT2D eigenvalue weighted by Gasteiger charge is -2.19. The normalized spacial score (nSPS) is 11.6. The second-order valence-electron chi connectivity index (χ2n) is 3.92. The highest BCUT2D eigenvalue weighted by Gasteiger charge is 2.25. The first kappa shape index (κ1) is 14.5. The molecule has 0 N–H and O–H groups in total. The molecule has 19 heavy (non-hydrogen) atoms. The van der Waals surface area contributed by atoms with Crippen molar-refractivity contribution in [3.63, 3.8) is 0 Å². The molecule has 3 nitrogen and oxygen atoms in total. The first-order valence-corrected chi connectivity index (χ1v) is 8.38. The highest BCUT2D eigenvalue weighted by Crippen LogP contribution is 2.32. The number of nitrogens with zero attached hydrogens (tertiary/aromatic N) is 1. The number of rotatable bonds is 3. The second-order valence-corrected chi connectivity index (χ2v) is 8.49. The van der Waals surface area contributed by atoms with E-state index in [1.54, 1.807) is 13.0 Å². The van der Waals surface area contributed by atoms with E-state index in [-0.39, 0.29) is 4.90 Å². The van der Waals surface area contributed by atoms with Crippen LogP contribution in [0, 0.1) is 12.7 Å². The first-order valence-electron chi connectivity index (χ1n) is 5.33. The molecule has 0 spiro atoms. The molecule has 1 heterocycles. The average Bonchev–Trinajstić information content (AvgIpc) is 2.69. The van der Waals surface area contributed by atoms with Crippen molar-refractivity contribution in [2.45, 2.75) is 11.8 Å². The summed E-state index contributed by atoms with van der Waals surface area (Å²) >= 11 is 4.64. The Morgan fingerprint density at radius 3 is 2.32 bits per heavy atom. The van der Waals surface area contributed by atoms with Crippen LogP contribution in [0.4, 0.5) is 10.1 Å². The van der Waals surface area contributed by atoms with Crippen molar-refractivity contribution in [3.05, 3.63) is 44.8 Å². The number of halogens is 2. The van der Waals surface area contributed by atoms with Crippen LogP contribution in [-0.4, -0.2) is 15.5 Å². The van der Waals surface area contributed by atoms with Crippen LogP contribution in [0.1, 0.15) is 4.88 Å². The van der Waals surface area contributed by atoms with Crippen LogP contribution < -0.4 is 4.31 Å². The van der Waals surface area contributed by atoms with Crippen LogP contribution in [0.2, 0.25) is 0 Å². The maximum Gasteiger partial charge on any atom is 0.265 e. The maximum absolute atomic E-state index is 12.9. The van der Waals surface area contributed by atoms with E-state index in [1.165, 1.54) is 42.6 Å². The molecular formula is C12H11BrFNO2S2. The fourth-order valence-corrected chi connectivity index (χ4v) is 5.20. The van der Waals surface area contributed by atoms with E-state index in [9.17, 15) is 12.8 Å². The average molecular weight is 364 g/mol. The Kier molecular flexibility index (Phi) is 3.98. The largest absolute Gasteiger partial charge is 0.269 e. The fourth-order valence-electron chi connectivity index (χ4n) is 1.62. The number of anilines is 1. The zero-order valence-corrected chi connectivity index (χ0v) is 13.4. The van der Waals surface area contributed by atoms with Crippen molar-refractivity contribution < 1.29 is 12.8 Å². The maximum atomic E-state index is 12.9. The molecular weight excluding hydrogens is 353 g/mol. The van der Waals surface area contributed by atoms with Crippen LogP contribution in [-0.2, 0) is 10.0 Å². The number of sulfonamides is 1. The van der Waals surface area contributed by atoms with Crippen molar-refractivity contribution in [2.24, 2.45) is 0 Å². The van der Waals surface area contributed by atoms with Crippen molar-refractivity contribution in [3.8, 4) is 0 Å². The summed E-state index contributed by atoms with van der Waals surface area (Å²) in [6, 6.07) is 6.91. The van der Waals surface area contributed by atoms with Gasteiger partial charge in [-0.2, -0.15) is 0 Å². The highest BCUT2D eigenvalue weighted by atomic mass is 79.9. The topological polar surface area (TPSA) is 37.4 Å². The van der Waals surface area contributed by atoms with E-state index in [2.05, 4.69) is 15.9 Å². The summed E-state index contributed by atoms with van der Waals surface area (Å²) in [7, 11) is -2.17. The summed E-state index contributed by atoms with van der Waals surface area (Å²) in [5.41, 5.74) is 0.420. The van der Waals surface area contributed by atoms with Gasteiger partial charge in [0.15, 0.2) is 0 Å². The third-order valence-corrected chi connectivity index (χ3v) is 6.27. The first-order chi connectivity index (χ1) is 8.82. The third kappa shape index (κ3) is 2.82. The standard InChI is InChI=1S/C12H11BrFNO2S2/c1-8-11(7-12(13)18-8)19(16,17)15(2)10-5-3-9(14)4-6-10/h3-7H,1-2H3. The van der Waals surface area contributed by atoms with Gasteiger partial charge < -0.3 is 0 Å². The van der Waals surface area contributed by atoms with E-state index in [1.807, 2.05) is 0 Å².